The second kappa shape index (κ2) is 15.2. The van der Waals surface area contributed by atoms with E-state index in [0.29, 0.717) is 18.5 Å². The Labute approximate surface area is 291 Å². The average molecular weight is 688 g/mol. The molecule has 14 heteroatoms. The number of hydrogen-bond donors (Lipinski definition) is 3. The van der Waals surface area contributed by atoms with E-state index < -0.39 is 29.6 Å². The zero-order valence-corrected chi connectivity index (χ0v) is 29.4. The van der Waals surface area contributed by atoms with Crippen molar-refractivity contribution in [3.05, 3.63) is 90.2 Å². The van der Waals surface area contributed by atoms with Crippen LogP contribution in [0.3, 0.4) is 0 Å². The number of halogens is 1. The predicted molar refractivity (Wildman–Crippen MR) is 186 cm³/mol. The molecule has 1 aromatic carbocycles. The summed E-state index contributed by atoms with van der Waals surface area (Å²) in [6.07, 6.45) is 7.42. The SMILES string of the molecule is CN[C@@H](C)C(=O)N[C@H](C(=O)N1C[C@@H](NC(=O)c2cn(C)cn2)CC1CN(CCc1ccc(F)cc1)C(=O)c1cn2ccccc2n1)C(C)(C)C. The first kappa shape index (κ1) is 36.2. The van der Waals surface area contributed by atoms with Gasteiger partial charge < -0.3 is 34.7 Å². The van der Waals surface area contributed by atoms with Crippen molar-refractivity contribution in [3.63, 3.8) is 0 Å². The van der Waals surface area contributed by atoms with Crippen molar-refractivity contribution >= 4 is 29.3 Å². The zero-order chi connectivity index (χ0) is 36.2. The number of amides is 4. The molecule has 4 atom stereocenters. The number of nitrogens with one attached hydrogen (secondary N) is 3. The summed E-state index contributed by atoms with van der Waals surface area (Å²) in [6, 6.07) is 9.23. The number of likely N-dealkylation sites (N-methyl/N-ethyl adjacent to an activating group) is 1. The van der Waals surface area contributed by atoms with Crippen molar-refractivity contribution in [2.45, 2.75) is 64.7 Å². The summed E-state index contributed by atoms with van der Waals surface area (Å²) in [7, 11) is 3.44. The first-order valence-corrected chi connectivity index (χ1v) is 16.8. The van der Waals surface area contributed by atoms with Gasteiger partial charge in [-0.3, -0.25) is 19.2 Å². The number of likely N-dealkylation sites (tertiary alicyclic amines) is 1. The Hall–Kier alpha value is -5.11. The van der Waals surface area contributed by atoms with Crippen LogP contribution in [0, 0.1) is 11.2 Å². The second-order valence-electron chi connectivity index (χ2n) is 14.0. The largest absolute Gasteiger partial charge is 0.346 e. The van der Waals surface area contributed by atoms with Crippen LogP contribution in [-0.2, 0) is 23.1 Å². The minimum atomic E-state index is -0.889. The lowest BCUT2D eigenvalue weighted by Crippen LogP contribution is -2.59. The minimum absolute atomic E-state index is 0.132. The maximum Gasteiger partial charge on any atom is 0.274 e. The van der Waals surface area contributed by atoms with Crippen molar-refractivity contribution in [1.29, 1.82) is 0 Å². The Morgan fingerprint density at radius 2 is 1.80 bits per heavy atom. The van der Waals surface area contributed by atoms with Crippen molar-refractivity contribution in [3.8, 4) is 0 Å². The van der Waals surface area contributed by atoms with Gasteiger partial charge in [-0.05, 0) is 62.1 Å². The molecular formula is C36H46FN9O4. The highest BCUT2D eigenvalue weighted by Gasteiger charge is 2.44. The standard InChI is InChI=1S/C36H46FN9O4/c1-23(38-5)32(47)42-31(36(2,3)4)35(50)46-18-26(40-33(48)28-20-43(6)22-39-28)17-27(46)19-45(16-14-24-10-12-25(37)13-11-24)34(49)29-21-44-15-8-7-9-30(44)41-29/h7-13,15,20-23,26-27,31,38H,14,16-19H2,1-6H3,(H,40,48)(H,42,47)/t23-,26-,27?,31+/m0/s1. The van der Waals surface area contributed by atoms with Gasteiger partial charge in [0.05, 0.1) is 18.4 Å². The lowest BCUT2D eigenvalue weighted by atomic mass is 9.85. The van der Waals surface area contributed by atoms with Crippen LogP contribution in [0.4, 0.5) is 4.39 Å². The molecular weight excluding hydrogens is 641 g/mol. The van der Waals surface area contributed by atoms with Gasteiger partial charge in [0.1, 0.15) is 28.9 Å². The molecule has 0 bridgehead atoms. The van der Waals surface area contributed by atoms with E-state index in [-0.39, 0.29) is 60.5 Å². The second-order valence-corrected chi connectivity index (χ2v) is 14.0. The van der Waals surface area contributed by atoms with Crippen LogP contribution in [0.25, 0.3) is 5.65 Å². The van der Waals surface area contributed by atoms with E-state index in [9.17, 15) is 23.6 Å². The highest BCUT2D eigenvalue weighted by molar-refractivity contribution is 5.94. The number of hydrogen-bond acceptors (Lipinski definition) is 7. The van der Waals surface area contributed by atoms with Gasteiger partial charge in [0.2, 0.25) is 11.8 Å². The fourth-order valence-corrected chi connectivity index (χ4v) is 6.11. The van der Waals surface area contributed by atoms with Crippen molar-refractivity contribution in [1.82, 2.24) is 44.7 Å². The van der Waals surface area contributed by atoms with Crippen molar-refractivity contribution < 1.29 is 23.6 Å². The van der Waals surface area contributed by atoms with E-state index in [2.05, 4.69) is 25.9 Å². The summed E-state index contributed by atoms with van der Waals surface area (Å²) in [4.78, 5) is 67.0. The van der Waals surface area contributed by atoms with Crippen molar-refractivity contribution in [2.75, 3.05) is 26.7 Å². The quantitative estimate of drug-likeness (QED) is 0.208. The molecule has 0 saturated carbocycles. The maximum absolute atomic E-state index is 14.5. The van der Waals surface area contributed by atoms with Crippen LogP contribution in [0.5, 0.6) is 0 Å². The van der Waals surface area contributed by atoms with E-state index in [1.807, 2.05) is 45.2 Å². The molecule has 0 spiro atoms. The molecule has 1 fully saturated rings. The van der Waals surface area contributed by atoms with Gasteiger partial charge in [-0.15, -0.1) is 0 Å². The molecule has 1 aliphatic heterocycles. The molecule has 3 N–H and O–H groups in total. The summed E-state index contributed by atoms with van der Waals surface area (Å²) in [5.74, 6) is -1.68. The van der Waals surface area contributed by atoms with Gasteiger partial charge in [0, 0.05) is 51.3 Å². The number of rotatable bonds is 12. The number of fused-ring (bicyclic) bond motifs is 1. The topological polar surface area (TPSA) is 146 Å². The third-order valence-corrected chi connectivity index (χ3v) is 9.08. The normalized spacial score (nSPS) is 17.4. The Morgan fingerprint density at radius 1 is 1.06 bits per heavy atom. The van der Waals surface area contributed by atoms with E-state index in [1.165, 1.54) is 18.5 Å². The lowest BCUT2D eigenvalue weighted by molar-refractivity contribution is -0.140. The van der Waals surface area contributed by atoms with Gasteiger partial charge in [0.15, 0.2) is 0 Å². The molecule has 3 aromatic heterocycles. The molecule has 1 aliphatic rings. The maximum atomic E-state index is 14.5. The van der Waals surface area contributed by atoms with Crippen LogP contribution in [0.1, 0.15) is 60.7 Å². The molecule has 50 heavy (non-hydrogen) atoms. The van der Waals surface area contributed by atoms with Crippen LogP contribution in [-0.4, -0.2) is 103 Å². The predicted octanol–water partition coefficient (Wildman–Crippen LogP) is 2.43. The first-order chi connectivity index (χ1) is 23.7. The molecule has 0 radical (unpaired) electrons. The number of pyridine rings is 1. The molecule has 13 nitrogen and oxygen atoms in total. The van der Waals surface area contributed by atoms with Crippen molar-refractivity contribution in [2.24, 2.45) is 12.5 Å². The van der Waals surface area contributed by atoms with Crippen LogP contribution in [0.15, 0.2) is 67.4 Å². The van der Waals surface area contributed by atoms with Crippen LogP contribution >= 0.6 is 0 Å². The lowest BCUT2D eigenvalue weighted by Gasteiger charge is -2.37. The number of aryl methyl sites for hydroxylation is 1. The number of imidazole rings is 2. The fourth-order valence-electron chi connectivity index (χ4n) is 6.11. The molecule has 4 heterocycles. The third-order valence-electron chi connectivity index (χ3n) is 9.08. The molecule has 4 aromatic rings. The first-order valence-electron chi connectivity index (χ1n) is 16.8. The van der Waals surface area contributed by atoms with E-state index in [4.69, 9.17) is 0 Å². The smallest absolute Gasteiger partial charge is 0.274 e. The Balaban J connectivity index is 1.46. The Bertz CT molecular complexity index is 1800. The van der Waals surface area contributed by atoms with Gasteiger partial charge >= 0.3 is 0 Å². The van der Waals surface area contributed by atoms with Crippen LogP contribution in [0.2, 0.25) is 0 Å². The Morgan fingerprint density at radius 3 is 2.44 bits per heavy atom. The summed E-state index contributed by atoms with van der Waals surface area (Å²) in [5, 5.41) is 8.88. The summed E-state index contributed by atoms with van der Waals surface area (Å²) in [5.41, 5.74) is 1.29. The monoisotopic (exact) mass is 687 g/mol. The molecule has 266 valence electrons. The average Bonchev–Trinajstić information content (AvgIpc) is 3.82. The highest BCUT2D eigenvalue weighted by atomic mass is 19.1. The minimum Gasteiger partial charge on any atom is -0.346 e. The molecule has 0 aliphatic carbocycles. The van der Waals surface area contributed by atoms with Gasteiger partial charge in [-0.1, -0.05) is 39.0 Å². The number of aromatic nitrogens is 4. The molecule has 1 unspecified atom stereocenters. The molecule has 4 amide bonds. The summed E-state index contributed by atoms with van der Waals surface area (Å²) in [6.45, 7) is 7.92. The van der Waals surface area contributed by atoms with E-state index >= 15 is 0 Å². The molecule has 1 saturated heterocycles. The number of carbonyl (C=O) groups is 4. The van der Waals surface area contributed by atoms with E-state index in [0.717, 1.165) is 5.56 Å². The Kier molecular flexibility index (Phi) is 11.0. The van der Waals surface area contributed by atoms with Gasteiger partial charge in [0.25, 0.3) is 11.8 Å². The zero-order valence-electron chi connectivity index (χ0n) is 29.4. The fraction of sp³-hybridized carbons (Fsp3) is 0.444. The van der Waals surface area contributed by atoms with Gasteiger partial charge in [-0.25, -0.2) is 14.4 Å². The van der Waals surface area contributed by atoms with E-state index in [1.54, 1.807) is 64.3 Å². The third kappa shape index (κ3) is 8.54. The molecule has 5 rings (SSSR count). The summed E-state index contributed by atoms with van der Waals surface area (Å²) >= 11 is 0. The number of benzene rings is 1. The number of nitrogens with zero attached hydrogens (tertiary/aromatic N) is 6. The van der Waals surface area contributed by atoms with Gasteiger partial charge in [-0.2, -0.15) is 0 Å². The van der Waals surface area contributed by atoms with Crippen LogP contribution < -0.4 is 16.0 Å². The number of carbonyl (C=O) groups excluding carboxylic acids is 4. The summed E-state index contributed by atoms with van der Waals surface area (Å²) < 4.78 is 17.1. The highest BCUT2D eigenvalue weighted by Crippen LogP contribution is 2.27.